The molecule has 5 nitrogen and oxygen atoms in total. The Hall–Kier alpha value is -7.41. The number of nitrogens with one attached hydrogen (secondary N) is 1. The first kappa shape index (κ1) is 138. The van der Waals surface area contributed by atoms with Crippen molar-refractivity contribution in [1.82, 2.24) is 5.32 Å². The van der Waals surface area contributed by atoms with Gasteiger partial charge in [0.15, 0.2) is 5.92 Å². The number of nitriles is 1. The van der Waals surface area contributed by atoms with Crippen molar-refractivity contribution >= 4 is 29.3 Å². The Morgan fingerprint density at radius 1 is 0.400 bits per heavy atom. The molecule has 0 heterocycles. The first-order valence-corrected chi connectivity index (χ1v) is 43.9. The van der Waals surface area contributed by atoms with Crippen LogP contribution >= 0.6 is 23.2 Å². The van der Waals surface area contributed by atoms with E-state index in [4.69, 9.17) is 38.9 Å². The van der Waals surface area contributed by atoms with E-state index in [0.29, 0.717) is 21.2 Å². The van der Waals surface area contributed by atoms with E-state index < -0.39 is 137 Å². The Labute approximate surface area is 791 Å². The Kier molecular flexibility index (Phi) is 63.4. The van der Waals surface area contributed by atoms with Gasteiger partial charge in [-0.15, -0.1) is 0 Å². The van der Waals surface area contributed by atoms with E-state index in [0.717, 1.165) is 59.4 Å². The van der Waals surface area contributed by atoms with Crippen molar-refractivity contribution in [2.24, 2.45) is 53.1 Å². The lowest BCUT2D eigenvalue weighted by Gasteiger charge is -2.26. The summed E-state index contributed by atoms with van der Waals surface area (Å²) < 4.78 is 360. The van der Waals surface area contributed by atoms with Crippen LogP contribution in [-0.4, -0.2) is 54.7 Å². The van der Waals surface area contributed by atoms with Gasteiger partial charge in [-0.1, -0.05) is 253 Å². The fraction of sp³-hybridized carbons (Fsp3) is 0.616. The van der Waals surface area contributed by atoms with Gasteiger partial charge >= 0.3 is 55.5 Å². The van der Waals surface area contributed by atoms with E-state index in [1.165, 1.54) is 76.1 Å². The second-order valence-corrected chi connectivity index (χ2v) is 38.1. The van der Waals surface area contributed by atoms with Crippen molar-refractivity contribution in [3.05, 3.63) is 210 Å². The summed E-state index contributed by atoms with van der Waals surface area (Å²) in [5, 5.41) is 11.7. The van der Waals surface area contributed by atoms with E-state index in [1.807, 2.05) is 43.4 Å². The molecular weight excluding hydrogens is 1880 g/mol. The highest BCUT2D eigenvalue weighted by Gasteiger charge is 2.56. The third-order valence-corrected chi connectivity index (χ3v) is 18.8. The monoisotopic (exact) mass is 2020 g/mol. The topological polar surface area (TPSA) is 88.1 Å². The smallest absolute Gasteiger partial charge is 0.419 e. The van der Waals surface area contributed by atoms with Crippen molar-refractivity contribution in [3.63, 3.8) is 0 Å². The normalized spacial score (nSPS) is 12.9. The van der Waals surface area contributed by atoms with Crippen LogP contribution in [0.3, 0.4) is 0 Å². The van der Waals surface area contributed by atoms with Crippen LogP contribution in [0, 0.1) is 87.8 Å². The van der Waals surface area contributed by atoms with Gasteiger partial charge in [-0.25, -0.2) is 26.7 Å². The van der Waals surface area contributed by atoms with E-state index in [-0.39, 0.29) is 102 Å². The molecule has 0 saturated carbocycles. The van der Waals surface area contributed by atoms with Crippen molar-refractivity contribution in [3.8, 4) is 6.07 Å². The fourth-order valence-electron chi connectivity index (χ4n) is 11.4. The van der Waals surface area contributed by atoms with Gasteiger partial charge in [-0.2, -0.15) is 111 Å². The lowest BCUT2D eigenvalue weighted by Crippen LogP contribution is -2.47. The van der Waals surface area contributed by atoms with Gasteiger partial charge in [-0.3, -0.25) is 0 Å². The number of hydrogen-bond acceptors (Lipinski definition) is 4. The maximum Gasteiger partial charge on any atom is 0.419 e. The van der Waals surface area contributed by atoms with Crippen LogP contribution < -0.4 is 11.1 Å². The second kappa shape index (κ2) is 61.9. The van der Waals surface area contributed by atoms with Crippen molar-refractivity contribution in [1.29, 1.82) is 5.26 Å². The molecule has 6 aromatic carbocycles. The first-order valence-electron chi connectivity index (χ1n) is 43.1. The summed E-state index contributed by atoms with van der Waals surface area (Å²) in [6.45, 7) is 52.1. The minimum absolute atomic E-state index is 0. The molecule has 36 heteroatoms. The highest BCUT2D eigenvalue weighted by atomic mass is 35.5. The predicted molar refractivity (Wildman–Crippen MR) is 485 cm³/mol. The molecule has 4 atom stereocenters. The Morgan fingerprint density at radius 3 is 1.06 bits per heavy atom. The largest absolute Gasteiger partial charge is 0.444 e. The third kappa shape index (κ3) is 62.3. The number of carbonyl (C=O) groups is 1. The minimum Gasteiger partial charge on any atom is -0.444 e. The molecule has 0 spiro atoms. The van der Waals surface area contributed by atoms with Crippen molar-refractivity contribution in [2.75, 3.05) is 0 Å². The maximum atomic E-state index is 13.3. The molecule has 0 saturated heterocycles. The van der Waals surface area contributed by atoms with Crippen LogP contribution in [0.15, 0.2) is 115 Å². The zero-order chi connectivity index (χ0) is 107. The number of alkyl carbamates (subject to hydrolysis) is 1. The number of ether oxygens (including phenoxy) is 1. The number of benzene rings is 6. The highest BCUT2D eigenvalue weighted by molar-refractivity contribution is 6.31. The summed E-state index contributed by atoms with van der Waals surface area (Å²) in [4.78, 5) is 11.3. The molecule has 780 valence electrons. The number of carbonyl (C=O) groups excluding carboxylic acids is 1. The molecular formula is C99H140Cl2F29N3O2. The number of hydrogen-bond donors (Lipinski definition) is 2. The number of alkyl halides is 24. The molecule has 135 heavy (non-hydrogen) atoms. The lowest BCUT2D eigenvalue weighted by molar-refractivity contribution is -0.287. The SMILES string of the molecule is C.CC(C)(C)c1ccccc1C#N.CC(C)CC(C(F)(F)F)C(F)(F)F.CC(C)CC(N)C(F)(F)F.CC(C)CC(NC(=O)OC(C)(C)C)C(F)(F)F.CC(C)C[C@@H](C)C(F)(F)F.CC(C)c1c(F)cccc1F.CC(C)c1cc(C(F)(F)F)ccc1Cl.CC(C)c1cc(C(F)(F)F)ccc1F.CC(C)c1cc(Cl)ccc1F.CC(C)c1cccc(C(F)(F)F)c1F.CCC(C)CC(C)C. The quantitative estimate of drug-likeness (QED) is 0.0891. The summed E-state index contributed by atoms with van der Waals surface area (Å²) in [6, 6.07) is 24.2. The van der Waals surface area contributed by atoms with Gasteiger partial charge in [0.1, 0.15) is 46.8 Å². The molecule has 6 rings (SSSR count). The van der Waals surface area contributed by atoms with Crippen LogP contribution in [0.25, 0.3) is 0 Å². The summed E-state index contributed by atoms with van der Waals surface area (Å²) in [6.07, 6.45) is -35.6. The molecule has 3 unspecified atom stereocenters. The van der Waals surface area contributed by atoms with Crippen LogP contribution in [-0.2, 0) is 28.7 Å². The summed E-state index contributed by atoms with van der Waals surface area (Å²) in [7, 11) is 0. The molecule has 0 aromatic heterocycles. The van der Waals surface area contributed by atoms with E-state index in [9.17, 15) is 132 Å². The molecule has 0 aliphatic heterocycles. The zero-order valence-corrected chi connectivity index (χ0v) is 82.9. The minimum atomic E-state index is -5.19. The second-order valence-electron chi connectivity index (χ2n) is 37.3. The summed E-state index contributed by atoms with van der Waals surface area (Å²) in [5.74, 6) is -6.50. The van der Waals surface area contributed by atoms with E-state index in [2.05, 4.69) is 54.5 Å². The molecule has 6 aromatic rings. The summed E-state index contributed by atoms with van der Waals surface area (Å²) >= 11 is 11.5. The lowest BCUT2D eigenvalue weighted by atomic mass is 9.84. The Morgan fingerprint density at radius 2 is 0.778 bits per heavy atom. The van der Waals surface area contributed by atoms with E-state index >= 15 is 0 Å². The first-order chi connectivity index (χ1) is 60.1. The van der Waals surface area contributed by atoms with Crippen LogP contribution in [0.4, 0.5) is 132 Å². The Bertz CT molecular complexity index is 4150. The molecule has 0 radical (unpaired) electrons. The van der Waals surface area contributed by atoms with E-state index in [1.54, 1.807) is 130 Å². The number of amides is 1. The third-order valence-electron chi connectivity index (χ3n) is 18.3. The molecule has 0 bridgehead atoms. The zero-order valence-electron chi connectivity index (χ0n) is 81.4. The van der Waals surface area contributed by atoms with Gasteiger partial charge in [0.25, 0.3) is 0 Å². The van der Waals surface area contributed by atoms with Gasteiger partial charge in [0.2, 0.25) is 0 Å². The standard InChI is InChI=1S/C11H20F3NO2.C11H13N.C10H10ClF3.2C10H10F4.C9H10ClF.C9H10F2.C8H18.C7H10F6.C7H13F3.C6H12F3N.CH4/c1-7(2)6-8(11(12,13)14)15-9(16)17-10(3,4)5;1-11(2,3)10-7-5-4-6-9(10)8-12;2*1-6(2)8-5-7(10(12,13)14)3-4-9(8)11;1-6(2)7-4-3-5-8(9(7)11)10(12,13)14;1-6(2)8-5-7(10)3-4-9(8)11;1-6(2)9-7(10)4-3-5-8(9)11;1-5-8(4)6-7(2)3;1-4(2)3-5(6(8,9)10)7(11,12)13;1-5(2)4-6(3)7(8,9)10;1-4(2)3-5(10)6(7,8)9;/h7-8H,6H2,1-5H3,(H,15,16);4-7H,1-3H3;3*3-6H,1-2H3;2*3-6H,1-2H3;7-8H,5-6H2,1-4H3;4-5H,3H2,1-2H3;5-6H,4H2,1-3H3;4-5H,3,10H2,1-2H3;1H4/t;;;;;;;;;6-;;/m.........1../s1. The molecule has 3 N–H and O–H groups in total. The summed E-state index contributed by atoms with van der Waals surface area (Å²) in [5.41, 5.74) is 4.91. The fourth-order valence-corrected chi connectivity index (χ4v) is 11.9. The van der Waals surface area contributed by atoms with Crippen molar-refractivity contribution in [2.45, 2.75) is 349 Å². The number of nitrogens with two attached hydrogens (primary N) is 1. The maximum absolute atomic E-state index is 13.3. The van der Waals surface area contributed by atoms with Gasteiger partial charge in [-0.05, 0) is 230 Å². The van der Waals surface area contributed by atoms with Crippen LogP contribution in [0.1, 0.15) is 332 Å². The van der Waals surface area contributed by atoms with Crippen molar-refractivity contribution < 1.29 is 137 Å². The van der Waals surface area contributed by atoms with Crippen LogP contribution in [0.2, 0.25) is 10.0 Å². The number of halogens is 31. The van der Waals surface area contributed by atoms with Gasteiger partial charge in [0, 0.05) is 15.6 Å². The molecule has 1 amide bonds. The number of nitrogens with zero attached hydrogens (tertiary/aromatic N) is 1. The molecule has 0 fully saturated rings. The van der Waals surface area contributed by atoms with Gasteiger partial charge in [0.05, 0.1) is 34.2 Å². The predicted octanol–water partition coefficient (Wildman–Crippen LogP) is 38.1. The Balaban J connectivity index is -0.000000340. The average Bonchev–Trinajstić information content (AvgIpc) is 0.807. The highest BCUT2D eigenvalue weighted by Crippen LogP contribution is 2.44. The number of rotatable bonds is 17. The van der Waals surface area contributed by atoms with Gasteiger partial charge < -0.3 is 15.8 Å². The molecule has 0 aliphatic carbocycles. The average molecular weight is 2030 g/mol. The molecule has 0 aliphatic rings. The van der Waals surface area contributed by atoms with Crippen LogP contribution in [0.5, 0.6) is 0 Å².